The molecule has 0 aliphatic carbocycles. The summed E-state index contributed by atoms with van der Waals surface area (Å²) in [6.07, 6.45) is 0. The molecular formula is C14H12Cl2FN3O. The van der Waals surface area contributed by atoms with E-state index in [1.807, 2.05) is 0 Å². The average Bonchev–Trinajstić information content (AvgIpc) is 2.44. The molecule has 0 saturated carbocycles. The molecule has 0 fully saturated rings. The van der Waals surface area contributed by atoms with E-state index in [4.69, 9.17) is 23.2 Å². The standard InChI is InChI=1S/C14H12Cl2FN3O/c1-7-3-4-9(5-11(7)17)8(2)18-14(21)10-6-12(15)19-20-13(10)16/h3-6,8H,1-2H3,(H,18,21). The molecule has 1 atom stereocenters. The molecule has 0 aliphatic rings. The van der Waals surface area contributed by atoms with Gasteiger partial charge in [-0.3, -0.25) is 4.79 Å². The summed E-state index contributed by atoms with van der Waals surface area (Å²) in [5.74, 6) is -0.773. The third-order valence-corrected chi connectivity index (χ3v) is 3.47. The van der Waals surface area contributed by atoms with Crippen LogP contribution < -0.4 is 5.32 Å². The normalized spacial score (nSPS) is 12.0. The highest BCUT2D eigenvalue weighted by atomic mass is 35.5. The zero-order chi connectivity index (χ0) is 15.6. The number of carbonyl (C=O) groups excluding carboxylic acids is 1. The van der Waals surface area contributed by atoms with Gasteiger partial charge in [-0.2, -0.15) is 0 Å². The number of carbonyl (C=O) groups is 1. The predicted molar refractivity (Wildman–Crippen MR) is 79.1 cm³/mol. The van der Waals surface area contributed by atoms with Crippen molar-refractivity contribution in [2.24, 2.45) is 0 Å². The van der Waals surface area contributed by atoms with Gasteiger partial charge in [0.15, 0.2) is 10.3 Å². The van der Waals surface area contributed by atoms with Gasteiger partial charge in [0.1, 0.15) is 5.82 Å². The van der Waals surface area contributed by atoms with Gasteiger partial charge in [0.25, 0.3) is 5.91 Å². The molecule has 2 rings (SSSR count). The summed E-state index contributed by atoms with van der Waals surface area (Å²) in [5, 5.41) is 9.84. The molecule has 1 N–H and O–H groups in total. The first-order chi connectivity index (χ1) is 9.88. The first-order valence-electron chi connectivity index (χ1n) is 6.14. The zero-order valence-corrected chi connectivity index (χ0v) is 12.8. The van der Waals surface area contributed by atoms with E-state index in [2.05, 4.69) is 15.5 Å². The number of benzene rings is 1. The van der Waals surface area contributed by atoms with Crippen molar-refractivity contribution in [3.63, 3.8) is 0 Å². The summed E-state index contributed by atoms with van der Waals surface area (Å²) in [7, 11) is 0. The van der Waals surface area contributed by atoms with E-state index in [0.29, 0.717) is 11.1 Å². The van der Waals surface area contributed by atoms with Crippen LogP contribution in [0.1, 0.15) is 34.5 Å². The van der Waals surface area contributed by atoms with Gasteiger partial charge < -0.3 is 5.32 Å². The van der Waals surface area contributed by atoms with E-state index in [0.717, 1.165) is 0 Å². The van der Waals surface area contributed by atoms with Crippen molar-refractivity contribution in [3.8, 4) is 0 Å². The van der Waals surface area contributed by atoms with Gasteiger partial charge in [0.05, 0.1) is 11.6 Å². The van der Waals surface area contributed by atoms with Crippen LogP contribution in [0, 0.1) is 12.7 Å². The van der Waals surface area contributed by atoms with Crippen molar-refractivity contribution in [2.45, 2.75) is 19.9 Å². The number of aryl methyl sites for hydroxylation is 1. The van der Waals surface area contributed by atoms with Gasteiger partial charge in [-0.15, -0.1) is 10.2 Å². The number of amides is 1. The fourth-order valence-electron chi connectivity index (χ4n) is 1.75. The Morgan fingerprint density at radius 2 is 2.00 bits per heavy atom. The van der Waals surface area contributed by atoms with Crippen molar-refractivity contribution in [2.75, 3.05) is 0 Å². The number of rotatable bonds is 3. The number of nitrogens with zero attached hydrogens (tertiary/aromatic N) is 2. The maximum Gasteiger partial charge on any atom is 0.255 e. The fraction of sp³-hybridized carbons (Fsp3) is 0.214. The highest BCUT2D eigenvalue weighted by Gasteiger charge is 2.16. The van der Waals surface area contributed by atoms with Crippen LogP contribution >= 0.6 is 23.2 Å². The first-order valence-corrected chi connectivity index (χ1v) is 6.89. The molecule has 1 aromatic carbocycles. The van der Waals surface area contributed by atoms with Crippen LogP contribution in [0.5, 0.6) is 0 Å². The quantitative estimate of drug-likeness (QED) is 0.934. The van der Waals surface area contributed by atoms with Crippen molar-refractivity contribution < 1.29 is 9.18 Å². The van der Waals surface area contributed by atoms with Gasteiger partial charge in [-0.05, 0) is 37.1 Å². The van der Waals surface area contributed by atoms with Gasteiger partial charge in [0, 0.05) is 0 Å². The van der Waals surface area contributed by atoms with Crippen molar-refractivity contribution in [1.29, 1.82) is 0 Å². The molecule has 0 spiro atoms. The number of aromatic nitrogens is 2. The van der Waals surface area contributed by atoms with E-state index in [1.165, 1.54) is 12.1 Å². The summed E-state index contributed by atoms with van der Waals surface area (Å²) >= 11 is 11.5. The molecule has 1 aromatic heterocycles. The Kier molecular flexibility index (Phi) is 4.75. The van der Waals surface area contributed by atoms with E-state index in [9.17, 15) is 9.18 Å². The molecule has 7 heteroatoms. The van der Waals surface area contributed by atoms with E-state index in [-0.39, 0.29) is 21.7 Å². The Balaban J connectivity index is 2.18. The lowest BCUT2D eigenvalue weighted by atomic mass is 10.1. The summed E-state index contributed by atoms with van der Waals surface area (Å²) in [6.45, 7) is 3.42. The molecule has 21 heavy (non-hydrogen) atoms. The second-order valence-electron chi connectivity index (χ2n) is 4.58. The second kappa shape index (κ2) is 6.37. The summed E-state index contributed by atoms with van der Waals surface area (Å²) in [6, 6.07) is 5.73. The number of nitrogens with one attached hydrogen (secondary N) is 1. The summed E-state index contributed by atoms with van der Waals surface area (Å²) in [5.41, 5.74) is 1.32. The molecule has 110 valence electrons. The molecule has 0 aliphatic heterocycles. The Labute approximate surface area is 131 Å². The monoisotopic (exact) mass is 327 g/mol. The Bertz CT molecular complexity index is 694. The second-order valence-corrected chi connectivity index (χ2v) is 5.32. The smallest absolute Gasteiger partial charge is 0.255 e. The molecule has 1 amide bonds. The van der Waals surface area contributed by atoms with Gasteiger partial charge >= 0.3 is 0 Å². The average molecular weight is 328 g/mol. The molecular weight excluding hydrogens is 316 g/mol. The third kappa shape index (κ3) is 3.68. The Morgan fingerprint density at radius 1 is 1.29 bits per heavy atom. The Hall–Kier alpha value is -1.72. The molecule has 2 aromatic rings. The SMILES string of the molecule is Cc1ccc(C(C)NC(=O)c2cc(Cl)nnc2Cl)cc1F. The van der Waals surface area contributed by atoms with Crippen LogP contribution in [0.4, 0.5) is 4.39 Å². The largest absolute Gasteiger partial charge is 0.345 e. The summed E-state index contributed by atoms with van der Waals surface area (Å²) in [4.78, 5) is 12.1. The lowest BCUT2D eigenvalue weighted by molar-refractivity contribution is 0.0939. The molecule has 0 radical (unpaired) electrons. The number of hydrogen-bond acceptors (Lipinski definition) is 3. The number of halogens is 3. The molecule has 1 unspecified atom stereocenters. The lowest BCUT2D eigenvalue weighted by Gasteiger charge is -2.15. The zero-order valence-electron chi connectivity index (χ0n) is 11.3. The molecule has 4 nitrogen and oxygen atoms in total. The maximum absolute atomic E-state index is 13.5. The van der Waals surface area contributed by atoms with Crippen LogP contribution in [0.25, 0.3) is 0 Å². The van der Waals surface area contributed by atoms with E-state index < -0.39 is 11.9 Å². The highest BCUT2D eigenvalue weighted by Crippen LogP contribution is 2.19. The molecule has 1 heterocycles. The van der Waals surface area contributed by atoms with Crippen LogP contribution in [-0.2, 0) is 0 Å². The number of hydrogen-bond donors (Lipinski definition) is 1. The van der Waals surface area contributed by atoms with Crippen molar-refractivity contribution in [1.82, 2.24) is 15.5 Å². The fourth-order valence-corrected chi connectivity index (χ4v) is 2.07. The summed E-state index contributed by atoms with van der Waals surface area (Å²) < 4.78 is 13.5. The van der Waals surface area contributed by atoms with Gasteiger partial charge in [0.2, 0.25) is 0 Å². The lowest BCUT2D eigenvalue weighted by Crippen LogP contribution is -2.27. The minimum absolute atomic E-state index is 0.0424. The van der Waals surface area contributed by atoms with Gasteiger partial charge in [-0.25, -0.2) is 4.39 Å². The third-order valence-electron chi connectivity index (χ3n) is 3.01. The van der Waals surface area contributed by atoms with Crippen LogP contribution in [0.15, 0.2) is 24.3 Å². The predicted octanol–water partition coefficient (Wildman–Crippen LogP) is 3.72. The van der Waals surface area contributed by atoms with Crippen molar-refractivity contribution >= 4 is 29.1 Å². The Morgan fingerprint density at radius 3 is 2.67 bits per heavy atom. The topological polar surface area (TPSA) is 54.9 Å². The molecule has 0 saturated heterocycles. The first kappa shape index (κ1) is 15.7. The minimum Gasteiger partial charge on any atom is -0.345 e. The molecule has 0 bridgehead atoms. The maximum atomic E-state index is 13.5. The van der Waals surface area contributed by atoms with Crippen molar-refractivity contribution in [3.05, 3.63) is 57.1 Å². The van der Waals surface area contributed by atoms with Crippen LogP contribution in [-0.4, -0.2) is 16.1 Å². The van der Waals surface area contributed by atoms with Crippen LogP contribution in [0.2, 0.25) is 10.3 Å². The van der Waals surface area contributed by atoms with Crippen LogP contribution in [0.3, 0.4) is 0 Å². The van der Waals surface area contributed by atoms with Gasteiger partial charge in [-0.1, -0.05) is 35.3 Å². The van der Waals surface area contributed by atoms with E-state index >= 15 is 0 Å². The van der Waals surface area contributed by atoms with E-state index in [1.54, 1.807) is 26.0 Å². The highest BCUT2D eigenvalue weighted by molar-refractivity contribution is 6.34. The minimum atomic E-state index is -0.453.